The van der Waals surface area contributed by atoms with Crippen LogP contribution in [-0.4, -0.2) is 47.4 Å². The number of likely N-dealkylation sites (N-methyl/N-ethyl adjacent to an activating group) is 1. The molecule has 8 heteroatoms. The molecule has 0 aromatic carbocycles. The summed E-state index contributed by atoms with van der Waals surface area (Å²) in [6.07, 6.45) is -1.23. The van der Waals surface area contributed by atoms with Gasteiger partial charge in [-0.15, -0.1) is 11.6 Å². The van der Waals surface area contributed by atoms with Crippen LogP contribution in [-0.2, 0) is 9.59 Å². The van der Waals surface area contributed by atoms with E-state index in [1.165, 1.54) is 7.05 Å². The highest BCUT2D eigenvalue weighted by Crippen LogP contribution is 1.81. The van der Waals surface area contributed by atoms with E-state index < -0.39 is 17.9 Å². The van der Waals surface area contributed by atoms with E-state index in [0.717, 1.165) is 4.90 Å². The van der Waals surface area contributed by atoms with E-state index in [9.17, 15) is 14.4 Å². The van der Waals surface area contributed by atoms with Gasteiger partial charge in [0, 0.05) is 7.05 Å². The van der Waals surface area contributed by atoms with Crippen molar-refractivity contribution in [3.05, 3.63) is 0 Å². The zero-order chi connectivity index (χ0) is 11.1. The second-order valence-electron chi connectivity index (χ2n) is 2.37. The van der Waals surface area contributed by atoms with E-state index in [-0.39, 0.29) is 12.4 Å². The molecule has 80 valence electrons. The van der Waals surface area contributed by atoms with Gasteiger partial charge < -0.3 is 10.0 Å². The topological polar surface area (TPSA) is 98.7 Å². The highest BCUT2D eigenvalue weighted by molar-refractivity contribution is 6.27. The number of halogens is 1. The summed E-state index contributed by atoms with van der Waals surface area (Å²) in [5, 5.41) is 8.39. The smallest absolute Gasteiger partial charge is 0.407 e. The van der Waals surface area contributed by atoms with E-state index in [1.54, 1.807) is 0 Å². The quantitative estimate of drug-likeness (QED) is 0.421. The molecule has 0 aliphatic carbocycles. The van der Waals surface area contributed by atoms with Gasteiger partial charge in [0.25, 0.3) is 11.8 Å². The summed E-state index contributed by atoms with van der Waals surface area (Å²) in [5.41, 5.74) is 3.98. The van der Waals surface area contributed by atoms with Gasteiger partial charge in [0.1, 0.15) is 12.4 Å². The highest BCUT2D eigenvalue weighted by Gasteiger charge is 2.10. The molecule has 0 atom stereocenters. The molecule has 0 aromatic rings. The molecule has 14 heavy (non-hydrogen) atoms. The molecule has 0 heterocycles. The first-order valence-electron chi connectivity index (χ1n) is 3.55. The first kappa shape index (κ1) is 12.5. The van der Waals surface area contributed by atoms with Crippen molar-refractivity contribution in [2.45, 2.75) is 0 Å². The molecule has 7 nitrogen and oxygen atoms in total. The second kappa shape index (κ2) is 6.03. The van der Waals surface area contributed by atoms with Crippen molar-refractivity contribution in [2.24, 2.45) is 0 Å². The Hall–Kier alpha value is -1.50. The van der Waals surface area contributed by atoms with E-state index in [4.69, 9.17) is 16.7 Å². The number of nitrogens with one attached hydrogen (secondary N) is 2. The van der Waals surface area contributed by atoms with Crippen LogP contribution in [0.15, 0.2) is 0 Å². The molecule has 0 saturated carbocycles. The molecule has 3 N–H and O–H groups in total. The first-order valence-corrected chi connectivity index (χ1v) is 4.08. The summed E-state index contributed by atoms with van der Waals surface area (Å²) in [4.78, 5) is 32.5. The van der Waals surface area contributed by atoms with Crippen LogP contribution in [0.25, 0.3) is 0 Å². The van der Waals surface area contributed by atoms with Gasteiger partial charge in [-0.1, -0.05) is 0 Å². The van der Waals surface area contributed by atoms with Crippen molar-refractivity contribution in [2.75, 3.05) is 19.5 Å². The standard InChI is InChI=1S/C6H10ClN3O4/c1-10(6(13)14)3-5(12)9-8-4(11)2-7/h2-3H2,1H3,(H,8,11)(H,9,12)(H,13,14). The summed E-state index contributed by atoms with van der Waals surface area (Å²) in [7, 11) is 1.23. The van der Waals surface area contributed by atoms with Gasteiger partial charge in [-0.3, -0.25) is 20.4 Å². The zero-order valence-corrected chi connectivity index (χ0v) is 8.17. The second-order valence-corrected chi connectivity index (χ2v) is 2.64. The minimum atomic E-state index is -1.23. The van der Waals surface area contributed by atoms with Gasteiger partial charge in [0.05, 0.1) is 0 Å². The summed E-state index contributed by atoms with van der Waals surface area (Å²) in [5.74, 6) is -1.50. The molecule has 0 radical (unpaired) electrons. The van der Waals surface area contributed by atoms with Gasteiger partial charge in [-0.2, -0.15) is 0 Å². The SMILES string of the molecule is CN(CC(=O)NNC(=O)CCl)C(=O)O. The minimum absolute atomic E-state index is 0.283. The number of hydrogen-bond donors (Lipinski definition) is 3. The fourth-order valence-corrected chi connectivity index (χ4v) is 0.562. The van der Waals surface area contributed by atoms with Gasteiger partial charge in [-0.25, -0.2) is 4.79 Å². The lowest BCUT2D eigenvalue weighted by molar-refractivity contribution is -0.128. The Balaban J connectivity index is 3.76. The lowest BCUT2D eigenvalue weighted by Crippen LogP contribution is -2.47. The van der Waals surface area contributed by atoms with Crippen molar-refractivity contribution in [1.29, 1.82) is 0 Å². The number of alkyl halides is 1. The maximum Gasteiger partial charge on any atom is 0.407 e. The molecule has 0 saturated heterocycles. The highest BCUT2D eigenvalue weighted by atomic mass is 35.5. The molecule has 0 aromatic heterocycles. The Bertz CT molecular complexity index is 245. The van der Waals surface area contributed by atoms with Crippen LogP contribution in [0.4, 0.5) is 4.79 Å². The number of nitrogens with zero attached hydrogens (tertiary/aromatic N) is 1. The van der Waals surface area contributed by atoms with Crippen molar-refractivity contribution < 1.29 is 19.5 Å². The zero-order valence-electron chi connectivity index (χ0n) is 7.41. The number of hydrazine groups is 1. The molecule has 3 amide bonds. The molecule has 0 rings (SSSR count). The average Bonchev–Trinajstić information content (AvgIpc) is 2.13. The summed E-state index contributed by atoms with van der Waals surface area (Å²) in [6.45, 7) is -0.363. The minimum Gasteiger partial charge on any atom is -0.465 e. The fourth-order valence-electron chi connectivity index (χ4n) is 0.495. The van der Waals surface area contributed by atoms with Crippen LogP contribution >= 0.6 is 11.6 Å². The maximum absolute atomic E-state index is 10.9. The van der Waals surface area contributed by atoms with Crippen molar-refractivity contribution in [3.8, 4) is 0 Å². The van der Waals surface area contributed by atoms with Gasteiger partial charge in [0.15, 0.2) is 0 Å². The van der Waals surface area contributed by atoms with E-state index >= 15 is 0 Å². The van der Waals surface area contributed by atoms with Gasteiger partial charge in [0.2, 0.25) is 0 Å². The number of rotatable bonds is 3. The van der Waals surface area contributed by atoms with Gasteiger partial charge in [-0.05, 0) is 0 Å². The normalized spacial score (nSPS) is 9.00. The largest absolute Gasteiger partial charge is 0.465 e. The van der Waals surface area contributed by atoms with Crippen LogP contribution in [0.3, 0.4) is 0 Å². The Morgan fingerprint density at radius 1 is 1.29 bits per heavy atom. The monoisotopic (exact) mass is 223 g/mol. The third-order valence-corrected chi connectivity index (χ3v) is 1.41. The summed E-state index contributed by atoms with van der Waals surface area (Å²) >= 11 is 5.12. The van der Waals surface area contributed by atoms with E-state index in [1.807, 2.05) is 10.9 Å². The Morgan fingerprint density at radius 2 is 1.79 bits per heavy atom. The number of amides is 3. The Kier molecular flexibility index (Phi) is 5.38. The number of carbonyl (C=O) groups excluding carboxylic acids is 2. The van der Waals surface area contributed by atoms with Gasteiger partial charge >= 0.3 is 6.09 Å². The van der Waals surface area contributed by atoms with Crippen LogP contribution < -0.4 is 10.9 Å². The average molecular weight is 224 g/mol. The number of hydrogen-bond acceptors (Lipinski definition) is 3. The van der Waals surface area contributed by atoms with E-state index in [0.29, 0.717) is 0 Å². The lowest BCUT2D eigenvalue weighted by Gasteiger charge is -2.12. The predicted octanol–water partition coefficient (Wildman–Crippen LogP) is -1.02. The Morgan fingerprint density at radius 3 is 2.21 bits per heavy atom. The van der Waals surface area contributed by atoms with Crippen LogP contribution in [0.2, 0.25) is 0 Å². The molecule has 0 bridgehead atoms. The van der Waals surface area contributed by atoms with E-state index in [2.05, 4.69) is 0 Å². The maximum atomic E-state index is 10.9. The molecule has 0 spiro atoms. The van der Waals surface area contributed by atoms with Crippen LogP contribution in [0, 0.1) is 0 Å². The Labute approximate surface area is 85.0 Å². The summed E-state index contributed by atoms with van der Waals surface area (Å²) < 4.78 is 0. The fraction of sp³-hybridized carbons (Fsp3) is 0.500. The third-order valence-electron chi connectivity index (χ3n) is 1.17. The molecule has 0 aliphatic heterocycles. The molecular weight excluding hydrogens is 214 g/mol. The van der Waals surface area contributed by atoms with Crippen molar-refractivity contribution >= 4 is 29.5 Å². The van der Waals surface area contributed by atoms with Crippen LogP contribution in [0.1, 0.15) is 0 Å². The van der Waals surface area contributed by atoms with Crippen molar-refractivity contribution in [1.82, 2.24) is 15.8 Å². The molecule has 0 aliphatic rings. The van der Waals surface area contributed by atoms with Crippen LogP contribution in [0.5, 0.6) is 0 Å². The predicted molar refractivity (Wildman–Crippen MR) is 47.7 cm³/mol. The molecule has 0 fully saturated rings. The first-order chi connectivity index (χ1) is 6.47. The molecule has 0 unspecified atom stereocenters. The number of carbonyl (C=O) groups is 3. The van der Waals surface area contributed by atoms with Crippen molar-refractivity contribution in [3.63, 3.8) is 0 Å². The summed E-state index contributed by atoms with van der Waals surface area (Å²) in [6, 6.07) is 0. The number of carboxylic acid groups (broad SMARTS) is 1. The molecular formula is C6H10ClN3O4. The third kappa shape index (κ3) is 5.20. The lowest BCUT2D eigenvalue weighted by atomic mass is 10.5.